The quantitative estimate of drug-likeness (QED) is 0.419. The summed E-state index contributed by atoms with van der Waals surface area (Å²) < 4.78 is 16.1. The Bertz CT molecular complexity index is 690. The Morgan fingerprint density at radius 2 is 1.41 bits per heavy atom. The molecule has 0 saturated carbocycles. The van der Waals surface area contributed by atoms with Crippen molar-refractivity contribution in [2.75, 3.05) is 27.9 Å². The van der Waals surface area contributed by atoms with E-state index in [1.807, 2.05) is 45.0 Å². The molecule has 0 aliphatic carbocycles. The highest BCUT2D eigenvalue weighted by Crippen LogP contribution is 2.34. The van der Waals surface area contributed by atoms with Crippen molar-refractivity contribution in [2.24, 2.45) is 0 Å². The second kappa shape index (κ2) is 13.1. The molecule has 0 aliphatic rings. The zero-order valence-electron chi connectivity index (χ0n) is 17.2. The SMILES string of the molecule is C/C=C\C(=C/COC)[S+](c1cccc(OC)c1)c1cccc(OC)c1.CC. The van der Waals surface area contributed by atoms with Gasteiger partial charge in [0.2, 0.25) is 0 Å². The predicted octanol–water partition coefficient (Wildman–Crippen LogP) is 5.87. The number of methoxy groups -OCH3 is 3. The molecule has 27 heavy (non-hydrogen) atoms. The number of hydrogen-bond acceptors (Lipinski definition) is 3. The normalized spacial score (nSPS) is 11.3. The molecule has 0 spiro atoms. The van der Waals surface area contributed by atoms with Gasteiger partial charge in [-0.05, 0) is 43.3 Å². The highest BCUT2D eigenvalue weighted by molar-refractivity contribution is 8.00. The zero-order chi connectivity index (χ0) is 20.1. The van der Waals surface area contributed by atoms with E-state index in [1.165, 1.54) is 14.7 Å². The van der Waals surface area contributed by atoms with Gasteiger partial charge in [0.05, 0.1) is 31.7 Å². The number of ether oxygens (including phenoxy) is 3. The van der Waals surface area contributed by atoms with Crippen molar-refractivity contribution in [1.82, 2.24) is 0 Å². The van der Waals surface area contributed by atoms with Gasteiger partial charge in [0.15, 0.2) is 14.7 Å². The molecular formula is C23H31O3S+. The largest absolute Gasteiger partial charge is 0.497 e. The molecule has 0 amide bonds. The molecule has 0 unspecified atom stereocenters. The first-order chi connectivity index (χ1) is 13.2. The Kier molecular flexibility index (Phi) is 11.1. The first-order valence-electron chi connectivity index (χ1n) is 9.07. The third-order valence-electron chi connectivity index (χ3n) is 3.57. The molecule has 2 aromatic rings. The molecule has 4 heteroatoms. The highest BCUT2D eigenvalue weighted by Gasteiger charge is 2.30. The minimum Gasteiger partial charge on any atom is -0.497 e. The second-order valence-electron chi connectivity index (χ2n) is 5.23. The average molecular weight is 388 g/mol. The molecule has 0 bridgehead atoms. The molecule has 146 valence electrons. The molecule has 2 rings (SSSR count). The predicted molar refractivity (Wildman–Crippen MR) is 116 cm³/mol. The van der Waals surface area contributed by atoms with Crippen LogP contribution < -0.4 is 9.47 Å². The lowest BCUT2D eigenvalue weighted by Gasteiger charge is -2.11. The molecule has 0 N–H and O–H groups in total. The van der Waals surface area contributed by atoms with Crippen LogP contribution in [0, 0.1) is 0 Å². The van der Waals surface area contributed by atoms with Gasteiger partial charge in [0.1, 0.15) is 11.5 Å². The van der Waals surface area contributed by atoms with E-state index >= 15 is 0 Å². The lowest BCUT2D eigenvalue weighted by Crippen LogP contribution is -2.07. The van der Waals surface area contributed by atoms with E-state index in [0.29, 0.717) is 6.61 Å². The minimum atomic E-state index is -0.280. The van der Waals surface area contributed by atoms with Gasteiger partial charge in [0, 0.05) is 19.2 Å². The van der Waals surface area contributed by atoms with Crippen molar-refractivity contribution < 1.29 is 14.2 Å². The lowest BCUT2D eigenvalue weighted by atomic mass is 10.3. The van der Waals surface area contributed by atoms with Gasteiger partial charge >= 0.3 is 0 Å². The molecule has 0 heterocycles. The summed E-state index contributed by atoms with van der Waals surface area (Å²) in [5, 5.41) is 0. The van der Waals surface area contributed by atoms with E-state index < -0.39 is 0 Å². The number of benzene rings is 2. The monoisotopic (exact) mass is 387 g/mol. The standard InChI is InChI=1S/C21H25O3S.C2H6/c1-5-8-19(13-14-22-2)25(20-11-6-9-17(15-20)23-3)21-12-7-10-18(16-21)24-4;1-2/h5-13,15-16H,14H2,1-4H3;1-2H3/q+1;/b8-5-,19-13+;. The van der Waals surface area contributed by atoms with Gasteiger partial charge < -0.3 is 14.2 Å². The van der Waals surface area contributed by atoms with Gasteiger partial charge in [-0.3, -0.25) is 0 Å². The van der Waals surface area contributed by atoms with Crippen LogP contribution >= 0.6 is 0 Å². The fraction of sp³-hybridized carbons (Fsp3) is 0.304. The Morgan fingerprint density at radius 3 is 1.81 bits per heavy atom. The van der Waals surface area contributed by atoms with E-state index in [4.69, 9.17) is 14.2 Å². The van der Waals surface area contributed by atoms with Gasteiger partial charge in [0.25, 0.3) is 0 Å². The van der Waals surface area contributed by atoms with Crippen LogP contribution in [0.15, 0.2) is 81.5 Å². The van der Waals surface area contributed by atoms with Gasteiger partial charge in [-0.2, -0.15) is 0 Å². The molecule has 0 saturated heterocycles. The van der Waals surface area contributed by atoms with Crippen LogP contribution in [-0.2, 0) is 15.6 Å². The van der Waals surface area contributed by atoms with Crippen molar-refractivity contribution in [3.05, 3.63) is 71.7 Å². The molecule has 3 nitrogen and oxygen atoms in total. The van der Waals surface area contributed by atoms with Crippen LogP contribution in [0.1, 0.15) is 20.8 Å². The van der Waals surface area contributed by atoms with E-state index in [-0.39, 0.29) is 10.9 Å². The van der Waals surface area contributed by atoms with Crippen molar-refractivity contribution >= 4 is 10.9 Å². The van der Waals surface area contributed by atoms with Gasteiger partial charge in [-0.1, -0.05) is 32.1 Å². The topological polar surface area (TPSA) is 27.7 Å². The van der Waals surface area contributed by atoms with Crippen molar-refractivity contribution in [2.45, 2.75) is 30.6 Å². The molecule has 0 atom stereocenters. The van der Waals surface area contributed by atoms with Gasteiger partial charge in [-0.25, -0.2) is 0 Å². The molecule has 0 aliphatic heterocycles. The lowest BCUT2D eigenvalue weighted by molar-refractivity contribution is 0.233. The third kappa shape index (κ3) is 6.81. The van der Waals surface area contributed by atoms with Crippen molar-refractivity contribution in [3.63, 3.8) is 0 Å². The highest BCUT2D eigenvalue weighted by atomic mass is 32.2. The Balaban J connectivity index is 0.00000176. The summed E-state index contributed by atoms with van der Waals surface area (Å²) in [5.74, 6) is 1.70. The molecule has 2 aromatic carbocycles. The fourth-order valence-corrected chi connectivity index (χ4v) is 4.63. The summed E-state index contributed by atoms with van der Waals surface area (Å²) in [7, 11) is 4.81. The Hall–Kier alpha value is -2.17. The smallest absolute Gasteiger partial charge is 0.170 e. The average Bonchev–Trinajstić information content (AvgIpc) is 2.74. The fourth-order valence-electron chi connectivity index (χ4n) is 2.41. The van der Waals surface area contributed by atoms with Crippen LogP contribution in [0.3, 0.4) is 0 Å². The molecule has 0 radical (unpaired) electrons. The summed E-state index contributed by atoms with van der Waals surface area (Å²) in [6.07, 6.45) is 6.32. The summed E-state index contributed by atoms with van der Waals surface area (Å²) in [6.45, 7) is 6.59. The zero-order valence-corrected chi connectivity index (χ0v) is 18.0. The van der Waals surface area contributed by atoms with Crippen molar-refractivity contribution in [3.8, 4) is 11.5 Å². The van der Waals surface area contributed by atoms with Gasteiger partial charge in [-0.15, -0.1) is 0 Å². The second-order valence-corrected chi connectivity index (χ2v) is 7.25. The summed E-state index contributed by atoms with van der Waals surface area (Å²) in [6, 6.07) is 16.4. The van der Waals surface area contributed by atoms with E-state index in [9.17, 15) is 0 Å². The van der Waals surface area contributed by atoms with E-state index in [0.717, 1.165) is 11.5 Å². The molecular weight excluding hydrogens is 356 g/mol. The van der Waals surface area contributed by atoms with Crippen LogP contribution in [0.2, 0.25) is 0 Å². The summed E-state index contributed by atoms with van der Waals surface area (Å²) >= 11 is 0. The summed E-state index contributed by atoms with van der Waals surface area (Å²) in [4.78, 5) is 3.58. The van der Waals surface area contributed by atoms with E-state index in [1.54, 1.807) is 21.3 Å². The molecule has 0 aromatic heterocycles. The number of hydrogen-bond donors (Lipinski definition) is 0. The van der Waals surface area contributed by atoms with Crippen LogP contribution in [0.4, 0.5) is 0 Å². The maximum absolute atomic E-state index is 5.42. The third-order valence-corrected chi connectivity index (χ3v) is 5.80. The molecule has 0 fully saturated rings. The van der Waals surface area contributed by atoms with Crippen LogP contribution in [0.5, 0.6) is 11.5 Å². The van der Waals surface area contributed by atoms with Crippen LogP contribution in [-0.4, -0.2) is 27.9 Å². The Labute approximate surface area is 167 Å². The first-order valence-corrected chi connectivity index (χ1v) is 10.3. The first kappa shape index (κ1) is 22.9. The number of rotatable bonds is 8. The summed E-state index contributed by atoms with van der Waals surface area (Å²) in [5.41, 5.74) is 0. The minimum absolute atomic E-state index is 0.280. The van der Waals surface area contributed by atoms with Crippen LogP contribution in [0.25, 0.3) is 0 Å². The maximum Gasteiger partial charge on any atom is 0.170 e. The van der Waals surface area contributed by atoms with Crippen molar-refractivity contribution in [1.29, 1.82) is 0 Å². The maximum atomic E-state index is 5.42. The Morgan fingerprint density at radius 1 is 0.889 bits per heavy atom. The number of allylic oxidation sites excluding steroid dienone is 2. The van der Waals surface area contributed by atoms with E-state index in [2.05, 4.69) is 42.5 Å².